The van der Waals surface area contributed by atoms with Gasteiger partial charge in [0.2, 0.25) is 5.75 Å². The van der Waals surface area contributed by atoms with Crippen LogP contribution in [0.3, 0.4) is 0 Å². The first-order valence-corrected chi connectivity index (χ1v) is 11.0. The van der Waals surface area contributed by atoms with Crippen molar-refractivity contribution in [2.45, 2.75) is 20.8 Å². The molecule has 33 heavy (non-hydrogen) atoms. The second-order valence-corrected chi connectivity index (χ2v) is 8.24. The second kappa shape index (κ2) is 10.4. The summed E-state index contributed by atoms with van der Waals surface area (Å²) in [7, 11) is 0. The molecule has 170 valence electrons. The highest BCUT2D eigenvalue weighted by molar-refractivity contribution is 14.1. The van der Waals surface area contributed by atoms with E-state index in [1.54, 1.807) is 12.3 Å². The Morgan fingerprint density at radius 1 is 1.00 bits per heavy atom. The van der Waals surface area contributed by atoms with Crippen LogP contribution < -0.4 is 9.47 Å². The molecule has 9 nitrogen and oxygen atoms in total. The van der Waals surface area contributed by atoms with E-state index in [1.807, 2.05) is 67.6 Å². The molecule has 10 heteroatoms. The number of aryl methyl sites for hydroxylation is 2. The van der Waals surface area contributed by atoms with Crippen molar-refractivity contribution in [3.05, 3.63) is 89.0 Å². The predicted molar refractivity (Wildman–Crippen MR) is 133 cm³/mol. The Morgan fingerprint density at radius 2 is 1.76 bits per heavy atom. The first-order valence-electron chi connectivity index (χ1n) is 9.88. The molecule has 0 unspecified atom stereocenters. The number of rotatable bonds is 8. The third kappa shape index (κ3) is 5.83. The lowest BCUT2D eigenvalue weighted by atomic mass is 10.1. The monoisotopic (exact) mass is 561 g/mol. The van der Waals surface area contributed by atoms with Crippen molar-refractivity contribution in [2.75, 3.05) is 6.61 Å². The van der Waals surface area contributed by atoms with Crippen LogP contribution in [0.5, 0.6) is 17.2 Å². The number of hydrogen-bond donors (Lipinski definition) is 0. The minimum Gasteiger partial charge on any atom is -0.490 e. The normalized spacial score (nSPS) is 10.9. The van der Waals surface area contributed by atoms with Crippen LogP contribution in [0.4, 0.5) is 17.1 Å². The Kier molecular flexibility index (Phi) is 7.59. The smallest absolute Gasteiger partial charge is 0.318 e. The summed E-state index contributed by atoms with van der Waals surface area (Å²) in [6.45, 7) is 6.13. The Balaban J connectivity index is 2.00. The maximum absolute atomic E-state index is 11.5. The van der Waals surface area contributed by atoms with Gasteiger partial charge in [-0.25, -0.2) is 0 Å². The van der Waals surface area contributed by atoms with Crippen molar-refractivity contribution in [1.29, 1.82) is 0 Å². The SMILES string of the molecule is CCOc1cc(C=Nc2cc(C)ccc2C)cc(I)c1Oc1ccc([N+](=O)[O-])cc1[N+](=O)[O-]. The Labute approximate surface area is 203 Å². The number of non-ortho nitro benzene ring substituents is 1. The molecule has 0 atom stereocenters. The van der Waals surface area contributed by atoms with Gasteiger partial charge in [0.15, 0.2) is 11.5 Å². The van der Waals surface area contributed by atoms with Gasteiger partial charge in [0.05, 0.1) is 31.8 Å². The van der Waals surface area contributed by atoms with Gasteiger partial charge in [-0.1, -0.05) is 12.1 Å². The zero-order valence-corrected chi connectivity index (χ0v) is 20.2. The molecule has 0 aromatic heterocycles. The van der Waals surface area contributed by atoms with Crippen molar-refractivity contribution < 1.29 is 19.3 Å². The highest BCUT2D eigenvalue weighted by atomic mass is 127. The summed E-state index contributed by atoms with van der Waals surface area (Å²) in [5.41, 5.74) is 2.85. The zero-order valence-electron chi connectivity index (χ0n) is 18.1. The molecule has 0 fully saturated rings. The third-order valence-corrected chi connectivity index (χ3v) is 5.41. The molecular weight excluding hydrogens is 541 g/mol. The summed E-state index contributed by atoms with van der Waals surface area (Å²) in [5.74, 6) is 0.527. The minimum absolute atomic E-state index is 0.124. The fourth-order valence-corrected chi connectivity index (χ4v) is 3.72. The van der Waals surface area contributed by atoms with Gasteiger partial charge in [-0.05, 0) is 84.3 Å². The Bertz CT molecular complexity index is 1260. The largest absolute Gasteiger partial charge is 0.490 e. The van der Waals surface area contributed by atoms with E-state index in [2.05, 4.69) is 4.99 Å². The molecule has 3 aromatic carbocycles. The van der Waals surface area contributed by atoms with Crippen molar-refractivity contribution in [2.24, 2.45) is 4.99 Å². The van der Waals surface area contributed by atoms with Crippen LogP contribution in [0.15, 0.2) is 53.5 Å². The van der Waals surface area contributed by atoms with E-state index in [0.717, 1.165) is 34.5 Å². The highest BCUT2D eigenvalue weighted by Gasteiger charge is 2.23. The first-order chi connectivity index (χ1) is 15.7. The average Bonchev–Trinajstić information content (AvgIpc) is 2.76. The van der Waals surface area contributed by atoms with E-state index in [9.17, 15) is 20.2 Å². The number of aliphatic imine (C=N–C) groups is 1. The molecule has 0 heterocycles. The van der Waals surface area contributed by atoms with E-state index >= 15 is 0 Å². The molecule has 0 amide bonds. The van der Waals surface area contributed by atoms with Gasteiger partial charge >= 0.3 is 5.69 Å². The van der Waals surface area contributed by atoms with Crippen LogP contribution in [0.2, 0.25) is 0 Å². The standard InChI is InChI=1S/C23H20IN3O6/c1-4-32-22-11-16(13-25-19-9-14(2)5-6-15(19)3)10-18(24)23(22)33-21-8-7-17(26(28)29)12-20(21)27(30)31/h5-13H,4H2,1-3H3. The van der Waals surface area contributed by atoms with Gasteiger partial charge < -0.3 is 9.47 Å². The fourth-order valence-electron chi connectivity index (χ4n) is 2.99. The average molecular weight is 561 g/mol. The van der Waals surface area contributed by atoms with E-state index in [1.165, 1.54) is 6.07 Å². The van der Waals surface area contributed by atoms with Crippen LogP contribution in [0.1, 0.15) is 23.6 Å². The molecular formula is C23H20IN3O6. The zero-order chi connectivity index (χ0) is 24.1. The van der Waals surface area contributed by atoms with Crippen LogP contribution in [0.25, 0.3) is 0 Å². The summed E-state index contributed by atoms with van der Waals surface area (Å²) in [5, 5.41) is 22.4. The quantitative estimate of drug-likeness (QED) is 0.131. The Morgan fingerprint density at radius 3 is 2.42 bits per heavy atom. The van der Waals surface area contributed by atoms with Gasteiger partial charge in [0, 0.05) is 12.3 Å². The van der Waals surface area contributed by atoms with E-state index in [-0.39, 0.29) is 11.5 Å². The lowest BCUT2D eigenvalue weighted by Crippen LogP contribution is -2.01. The molecule has 3 aromatic rings. The summed E-state index contributed by atoms with van der Waals surface area (Å²) >= 11 is 2.05. The van der Waals surface area contributed by atoms with E-state index in [4.69, 9.17) is 9.47 Å². The molecule has 0 radical (unpaired) electrons. The van der Waals surface area contributed by atoms with Crippen LogP contribution >= 0.6 is 22.6 Å². The fraction of sp³-hybridized carbons (Fsp3) is 0.174. The summed E-state index contributed by atoms with van der Waals surface area (Å²) in [6.07, 6.45) is 1.71. The number of halogens is 1. The maximum atomic E-state index is 11.5. The molecule has 0 bridgehead atoms. The molecule has 0 saturated heterocycles. The van der Waals surface area contributed by atoms with E-state index in [0.29, 0.717) is 15.9 Å². The van der Waals surface area contributed by atoms with Crippen molar-refractivity contribution in [3.8, 4) is 17.2 Å². The van der Waals surface area contributed by atoms with Crippen molar-refractivity contribution in [3.63, 3.8) is 0 Å². The highest BCUT2D eigenvalue weighted by Crippen LogP contribution is 2.41. The third-order valence-electron chi connectivity index (χ3n) is 4.61. The summed E-state index contributed by atoms with van der Waals surface area (Å²) in [4.78, 5) is 25.6. The summed E-state index contributed by atoms with van der Waals surface area (Å²) < 4.78 is 12.2. The molecule has 0 saturated carbocycles. The van der Waals surface area contributed by atoms with Gasteiger partial charge in [-0.15, -0.1) is 0 Å². The van der Waals surface area contributed by atoms with E-state index < -0.39 is 21.2 Å². The molecule has 0 aliphatic heterocycles. The summed E-state index contributed by atoms with van der Waals surface area (Å²) in [6, 6.07) is 12.8. The first kappa shape index (κ1) is 24.1. The predicted octanol–water partition coefficient (Wildman–Crippen LogP) is 6.67. The molecule has 0 spiro atoms. The molecule has 0 N–H and O–H groups in total. The van der Waals surface area contributed by atoms with Crippen LogP contribution in [-0.2, 0) is 0 Å². The number of benzene rings is 3. The topological polar surface area (TPSA) is 117 Å². The van der Waals surface area contributed by atoms with Gasteiger partial charge in [-0.2, -0.15) is 0 Å². The maximum Gasteiger partial charge on any atom is 0.318 e. The molecule has 0 aliphatic carbocycles. The van der Waals surface area contributed by atoms with Gasteiger partial charge in [0.1, 0.15) is 0 Å². The van der Waals surface area contributed by atoms with Crippen LogP contribution in [-0.4, -0.2) is 22.7 Å². The minimum atomic E-state index is -0.721. The number of hydrogen-bond acceptors (Lipinski definition) is 7. The van der Waals surface area contributed by atoms with Crippen molar-refractivity contribution in [1.82, 2.24) is 0 Å². The Hall–Kier alpha value is -3.54. The number of nitro benzene ring substituents is 2. The number of nitrogens with zero attached hydrogens (tertiary/aromatic N) is 3. The second-order valence-electron chi connectivity index (χ2n) is 7.08. The lowest BCUT2D eigenvalue weighted by Gasteiger charge is -2.14. The number of nitro groups is 2. The van der Waals surface area contributed by atoms with Gasteiger partial charge in [0.25, 0.3) is 5.69 Å². The lowest BCUT2D eigenvalue weighted by molar-refractivity contribution is -0.394. The van der Waals surface area contributed by atoms with Crippen LogP contribution in [0, 0.1) is 37.6 Å². The van der Waals surface area contributed by atoms with Gasteiger partial charge in [-0.3, -0.25) is 25.2 Å². The number of ether oxygens (including phenoxy) is 2. The molecule has 0 aliphatic rings. The van der Waals surface area contributed by atoms with Crippen molar-refractivity contribution >= 4 is 45.9 Å². The molecule has 3 rings (SSSR count).